The predicted octanol–water partition coefficient (Wildman–Crippen LogP) is 12.7. The van der Waals surface area contributed by atoms with Crippen LogP contribution in [-0.4, -0.2) is 9.97 Å². The highest BCUT2D eigenvalue weighted by molar-refractivity contribution is 6.10. The molecule has 0 bridgehead atoms. The second-order valence-corrected chi connectivity index (χ2v) is 12.7. The van der Waals surface area contributed by atoms with Gasteiger partial charge in [0.05, 0.1) is 22.8 Å². The number of anilines is 3. The number of furan rings is 1. The summed E-state index contributed by atoms with van der Waals surface area (Å²) in [5.41, 5.74) is 12.0. The zero-order chi connectivity index (χ0) is 33.7. The second-order valence-electron chi connectivity index (χ2n) is 12.7. The van der Waals surface area contributed by atoms with Gasteiger partial charge in [0.25, 0.3) is 0 Å². The number of hydrogen-bond donors (Lipinski definition) is 0. The van der Waals surface area contributed by atoms with E-state index >= 15 is 0 Å². The fraction of sp³-hybridized carbons (Fsp3) is 0. The molecule has 0 N–H and O–H groups in total. The Hall–Kier alpha value is -6.98. The Bertz CT molecular complexity index is 2860. The minimum atomic E-state index is 0.542. The quantitative estimate of drug-likeness (QED) is 0.178. The van der Waals surface area contributed by atoms with E-state index in [1.54, 1.807) is 0 Å². The number of aromatic nitrogens is 2. The molecule has 5 nitrogen and oxygen atoms in total. The van der Waals surface area contributed by atoms with Crippen molar-refractivity contribution >= 4 is 61.0 Å². The lowest BCUT2D eigenvalue weighted by molar-refractivity contribution is 0.620. The average Bonchev–Trinajstić information content (AvgIpc) is 3.80. The van der Waals surface area contributed by atoms with E-state index in [0.717, 1.165) is 72.5 Å². The van der Waals surface area contributed by atoms with Crippen molar-refractivity contribution in [2.75, 3.05) is 4.90 Å². The van der Waals surface area contributed by atoms with Crippen LogP contribution in [-0.2, 0) is 0 Å². The molecule has 0 radical (unpaired) electrons. The van der Waals surface area contributed by atoms with E-state index in [4.69, 9.17) is 18.8 Å². The lowest BCUT2D eigenvalue weighted by Gasteiger charge is -2.26. The molecule has 51 heavy (non-hydrogen) atoms. The number of pyridine rings is 1. The number of nitrogens with zero attached hydrogens (tertiary/aromatic N) is 3. The van der Waals surface area contributed by atoms with Crippen LogP contribution in [0.15, 0.2) is 185 Å². The lowest BCUT2D eigenvalue weighted by Crippen LogP contribution is -2.10. The fourth-order valence-corrected chi connectivity index (χ4v) is 7.06. The first-order chi connectivity index (χ1) is 25.2. The highest BCUT2D eigenvalue weighted by Gasteiger charge is 2.21. The summed E-state index contributed by atoms with van der Waals surface area (Å²) in [5.74, 6) is 0.542. The van der Waals surface area contributed by atoms with Crippen LogP contribution in [0.5, 0.6) is 0 Å². The molecule has 0 saturated heterocycles. The summed E-state index contributed by atoms with van der Waals surface area (Å²) in [5, 5.41) is 3.31. The molecular formula is C46H29N3O2. The van der Waals surface area contributed by atoms with Gasteiger partial charge in [0.1, 0.15) is 16.6 Å². The van der Waals surface area contributed by atoms with Crippen molar-refractivity contribution in [3.63, 3.8) is 0 Å². The van der Waals surface area contributed by atoms with E-state index < -0.39 is 0 Å². The van der Waals surface area contributed by atoms with Gasteiger partial charge in [-0.3, -0.25) is 0 Å². The van der Waals surface area contributed by atoms with Gasteiger partial charge in [-0.25, -0.2) is 9.97 Å². The molecule has 0 unspecified atom stereocenters. The summed E-state index contributed by atoms with van der Waals surface area (Å²) in [4.78, 5) is 12.1. The van der Waals surface area contributed by atoms with E-state index in [2.05, 4.69) is 126 Å². The molecule has 5 heteroatoms. The van der Waals surface area contributed by atoms with E-state index in [-0.39, 0.29) is 0 Å². The normalized spacial score (nSPS) is 11.5. The standard InChI is InChI=1S/C46H29N3O2/c1-2-11-30(12-3-1)33-15-8-17-36(26-33)49(37-18-9-16-34(27-37)35-24-23-31-13-4-5-14-32(31)25-35)38-28-43-45(47-29-38)44-39(19-10-22-42(44)50-43)46-48-40-20-6-7-21-41(40)51-46/h1-29H. The summed E-state index contributed by atoms with van der Waals surface area (Å²) in [6.45, 7) is 0. The van der Waals surface area contributed by atoms with Gasteiger partial charge in [0.2, 0.25) is 5.89 Å². The van der Waals surface area contributed by atoms with Crippen LogP contribution in [0.2, 0.25) is 0 Å². The highest BCUT2D eigenvalue weighted by atomic mass is 16.3. The third kappa shape index (κ3) is 5.11. The van der Waals surface area contributed by atoms with Crippen molar-refractivity contribution in [2.45, 2.75) is 0 Å². The summed E-state index contributed by atoms with van der Waals surface area (Å²) >= 11 is 0. The number of rotatable bonds is 6. The minimum Gasteiger partial charge on any atom is -0.454 e. The Labute approximate surface area is 293 Å². The molecule has 0 spiro atoms. The molecule has 0 saturated carbocycles. The van der Waals surface area contributed by atoms with E-state index in [9.17, 15) is 0 Å². The molecule has 240 valence electrons. The number of oxazole rings is 1. The Kier molecular flexibility index (Phi) is 6.74. The van der Waals surface area contributed by atoms with Crippen LogP contribution in [0.25, 0.3) is 77.6 Å². The molecule has 10 aromatic rings. The van der Waals surface area contributed by atoms with Gasteiger partial charge in [-0.15, -0.1) is 0 Å². The monoisotopic (exact) mass is 655 g/mol. The highest BCUT2D eigenvalue weighted by Crippen LogP contribution is 2.42. The SMILES string of the molecule is c1ccc(-c2cccc(N(c3cccc(-c4ccc5ccccc5c4)c3)c3cnc4c(c3)oc3cccc(-c5nc6ccccc6o5)c34)c2)cc1. The van der Waals surface area contributed by atoms with Gasteiger partial charge in [-0.1, -0.05) is 109 Å². The van der Waals surface area contributed by atoms with Crippen molar-refractivity contribution in [2.24, 2.45) is 0 Å². The smallest absolute Gasteiger partial charge is 0.228 e. The van der Waals surface area contributed by atoms with Gasteiger partial charge >= 0.3 is 0 Å². The van der Waals surface area contributed by atoms with Crippen LogP contribution in [0, 0.1) is 0 Å². The third-order valence-electron chi connectivity index (χ3n) is 9.50. The first-order valence-electron chi connectivity index (χ1n) is 17.0. The van der Waals surface area contributed by atoms with Crippen LogP contribution < -0.4 is 4.90 Å². The van der Waals surface area contributed by atoms with Gasteiger partial charge in [0.15, 0.2) is 11.2 Å². The molecule has 0 aliphatic heterocycles. The molecular weight excluding hydrogens is 627 g/mol. The largest absolute Gasteiger partial charge is 0.454 e. The Balaban J connectivity index is 1.14. The van der Waals surface area contributed by atoms with Crippen LogP contribution in [0.4, 0.5) is 17.1 Å². The zero-order valence-corrected chi connectivity index (χ0v) is 27.4. The molecule has 3 aromatic heterocycles. The van der Waals surface area contributed by atoms with Crippen molar-refractivity contribution in [3.05, 3.63) is 176 Å². The van der Waals surface area contributed by atoms with Crippen LogP contribution in [0.3, 0.4) is 0 Å². The third-order valence-corrected chi connectivity index (χ3v) is 9.50. The van der Waals surface area contributed by atoms with E-state index in [1.807, 2.05) is 54.7 Å². The maximum Gasteiger partial charge on any atom is 0.228 e. The first kappa shape index (κ1) is 29.0. The molecule has 3 heterocycles. The second kappa shape index (κ2) is 11.9. The molecule has 10 rings (SSSR count). The summed E-state index contributed by atoms with van der Waals surface area (Å²) in [7, 11) is 0. The minimum absolute atomic E-state index is 0.542. The fourth-order valence-electron chi connectivity index (χ4n) is 7.06. The average molecular weight is 656 g/mol. The molecule has 7 aromatic carbocycles. The lowest BCUT2D eigenvalue weighted by atomic mass is 10.00. The van der Waals surface area contributed by atoms with E-state index in [0.29, 0.717) is 11.5 Å². The van der Waals surface area contributed by atoms with Crippen LogP contribution >= 0.6 is 0 Å². The van der Waals surface area contributed by atoms with Gasteiger partial charge in [-0.05, 0) is 87.6 Å². The molecule has 0 aliphatic rings. The number of benzene rings is 7. The van der Waals surface area contributed by atoms with Crippen molar-refractivity contribution < 1.29 is 8.83 Å². The van der Waals surface area contributed by atoms with Gasteiger partial charge < -0.3 is 13.7 Å². The van der Waals surface area contributed by atoms with Gasteiger partial charge in [-0.2, -0.15) is 0 Å². The molecule has 0 fully saturated rings. The number of para-hydroxylation sites is 2. The molecule has 0 atom stereocenters. The maximum absolute atomic E-state index is 6.52. The number of hydrogen-bond acceptors (Lipinski definition) is 5. The summed E-state index contributed by atoms with van der Waals surface area (Å²) in [6.07, 6.45) is 1.93. The Morgan fingerprint density at radius 3 is 1.92 bits per heavy atom. The maximum atomic E-state index is 6.52. The van der Waals surface area contributed by atoms with Crippen molar-refractivity contribution in [1.82, 2.24) is 9.97 Å². The number of fused-ring (bicyclic) bond motifs is 5. The van der Waals surface area contributed by atoms with Crippen molar-refractivity contribution in [3.8, 4) is 33.7 Å². The molecule has 0 aliphatic carbocycles. The first-order valence-corrected chi connectivity index (χ1v) is 17.0. The molecule has 0 amide bonds. The summed E-state index contributed by atoms with van der Waals surface area (Å²) in [6, 6.07) is 58.7. The van der Waals surface area contributed by atoms with E-state index in [1.165, 1.54) is 10.8 Å². The summed E-state index contributed by atoms with van der Waals surface area (Å²) < 4.78 is 12.7. The Morgan fingerprint density at radius 2 is 1.10 bits per heavy atom. The zero-order valence-electron chi connectivity index (χ0n) is 27.4. The topological polar surface area (TPSA) is 55.3 Å². The Morgan fingerprint density at radius 1 is 0.431 bits per heavy atom. The predicted molar refractivity (Wildman–Crippen MR) is 208 cm³/mol. The van der Waals surface area contributed by atoms with Gasteiger partial charge in [0, 0.05) is 17.4 Å². The van der Waals surface area contributed by atoms with Crippen molar-refractivity contribution in [1.29, 1.82) is 0 Å². The van der Waals surface area contributed by atoms with Crippen LogP contribution in [0.1, 0.15) is 0 Å².